The lowest BCUT2D eigenvalue weighted by Crippen LogP contribution is -2.27. The molecule has 2 aromatic carbocycles. The molecule has 0 atom stereocenters. The van der Waals surface area contributed by atoms with Gasteiger partial charge < -0.3 is 10.6 Å². The molecule has 7 heteroatoms. The van der Waals surface area contributed by atoms with Crippen molar-refractivity contribution in [2.24, 2.45) is 0 Å². The van der Waals surface area contributed by atoms with Gasteiger partial charge in [0.15, 0.2) is 5.11 Å². The first kappa shape index (κ1) is 17.0. The molecule has 0 unspecified atom stereocenters. The Morgan fingerprint density at radius 3 is 2.45 bits per heavy atom. The summed E-state index contributed by atoms with van der Waals surface area (Å²) in [7, 11) is 0. The van der Waals surface area contributed by atoms with Crippen LogP contribution in [-0.4, -0.2) is 10.9 Å². The molecule has 2 N–H and O–H groups in total. The highest BCUT2D eigenvalue weighted by Gasteiger charge is 2.05. The van der Waals surface area contributed by atoms with Gasteiger partial charge in [-0.15, -0.1) is 0 Å². The van der Waals surface area contributed by atoms with Crippen LogP contribution in [0.4, 0.5) is 14.5 Å². The fourth-order valence-electron chi connectivity index (χ4n) is 1.71. The lowest BCUT2D eigenvalue weighted by atomic mass is 10.2. The van der Waals surface area contributed by atoms with Crippen molar-refractivity contribution >= 4 is 46.4 Å². The highest BCUT2D eigenvalue weighted by molar-refractivity contribution is 7.99. The van der Waals surface area contributed by atoms with Crippen LogP contribution in [-0.2, 0) is 6.54 Å². The molecule has 0 saturated carbocycles. The van der Waals surface area contributed by atoms with E-state index in [-0.39, 0.29) is 0 Å². The largest absolute Gasteiger partial charge is 0.358 e. The number of anilines is 1. The third-order valence-corrected chi connectivity index (χ3v) is 4.07. The highest BCUT2D eigenvalue weighted by Crippen LogP contribution is 2.26. The normalized spacial score (nSPS) is 10.5. The van der Waals surface area contributed by atoms with Crippen molar-refractivity contribution in [3.63, 3.8) is 0 Å². The molecule has 0 fully saturated rings. The average Bonchev–Trinajstić information content (AvgIpc) is 2.48. The van der Waals surface area contributed by atoms with Crippen LogP contribution in [0.15, 0.2) is 53.4 Å². The van der Waals surface area contributed by atoms with Gasteiger partial charge in [0.05, 0.1) is 0 Å². The van der Waals surface area contributed by atoms with E-state index in [1.165, 1.54) is 0 Å². The fraction of sp³-hybridized carbons (Fsp3) is 0.133. The topological polar surface area (TPSA) is 24.1 Å². The summed E-state index contributed by atoms with van der Waals surface area (Å²) in [6, 6.07) is 14.1. The van der Waals surface area contributed by atoms with E-state index in [1.807, 2.05) is 24.3 Å². The number of benzene rings is 2. The number of rotatable bonds is 5. The zero-order valence-corrected chi connectivity index (χ0v) is 13.7. The van der Waals surface area contributed by atoms with Crippen LogP contribution in [0.5, 0.6) is 0 Å². The van der Waals surface area contributed by atoms with Crippen molar-refractivity contribution in [1.82, 2.24) is 5.32 Å². The van der Waals surface area contributed by atoms with Gasteiger partial charge in [-0.3, -0.25) is 0 Å². The predicted octanol–water partition coefficient (Wildman–Crippen LogP) is 5.14. The number of halogens is 3. The van der Waals surface area contributed by atoms with Crippen molar-refractivity contribution < 1.29 is 8.78 Å². The molecule has 2 nitrogen and oxygen atoms in total. The Morgan fingerprint density at radius 2 is 1.82 bits per heavy atom. The Hall–Kier alpha value is -1.37. The van der Waals surface area contributed by atoms with Crippen LogP contribution in [0.2, 0.25) is 5.02 Å². The van der Waals surface area contributed by atoms with E-state index in [0.29, 0.717) is 33.3 Å². The molecule has 2 aromatic rings. The van der Waals surface area contributed by atoms with E-state index in [0.717, 1.165) is 11.3 Å². The maximum atomic E-state index is 12.2. The molecule has 22 heavy (non-hydrogen) atoms. The third-order valence-electron chi connectivity index (χ3n) is 2.73. The SMILES string of the molecule is FC(F)Sc1ccc(NC(=S)NCc2ccccc2Cl)cc1. The van der Waals surface area contributed by atoms with Crippen LogP contribution in [0.1, 0.15) is 5.56 Å². The predicted molar refractivity (Wildman–Crippen MR) is 92.8 cm³/mol. The Bertz CT molecular complexity index is 636. The zero-order chi connectivity index (χ0) is 15.9. The number of hydrogen-bond acceptors (Lipinski definition) is 2. The van der Waals surface area contributed by atoms with Gasteiger partial charge in [-0.1, -0.05) is 41.6 Å². The van der Waals surface area contributed by atoms with Gasteiger partial charge in [-0.2, -0.15) is 8.78 Å². The maximum Gasteiger partial charge on any atom is 0.288 e. The lowest BCUT2D eigenvalue weighted by Gasteiger charge is -2.11. The van der Waals surface area contributed by atoms with Crippen LogP contribution in [0.3, 0.4) is 0 Å². The maximum absolute atomic E-state index is 12.2. The minimum Gasteiger partial charge on any atom is -0.358 e. The van der Waals surface area contributed by atoms with Crippen molar-refractivity contribution in [2.45, 2.75) is 17.2 Å². The van der Waals surface area contributed by atoms with E-state index in [4.69, 9.17) is 23.8 Å². The first-order valence-corrected chi connectivity index (χ1v) is 8.04. The first-order valence-electron chi connectivity index (χ1n) is 6.38. The summed E-state index contributed by atoms with van der Waals surface area (Å²) in [6.45, 7) is 0.505. The molecule has 0 heterocycles. The Labute approximate surface area is 142 Å². The van der Waals surface area contributed by atoms with E-state index < -0.39 is 5.76 Å². The van der Waals surface area contributed by atoms with E-state index in [1.54, 1.807) is 24.3 Å². The summed E-state index contributed by atoms with van der Waals surface area (Å²) in [5.41, 5.74) is 1.67. The Balaban J connectivity index is 1.85. The van der Waals surface area contributed by atoms with Gasteiger partial charge in [-0.25, -0.2) is 0 Å². The van der Waals surface area contributed by atoms with Crippen molar-refractivity contribution in [3.8, 4) is 0 Å². The number of alkyl halides is 2. The van der Waals surface area contributed by atoms with Crippen LogP contribution in [0.25, 0.3) is 0 Å². The minimum atomic E-state index is -2.42. The van der Waals surface area contributed by atoms with Crippen LogP contribution < -0.4 is 10.6 Å². The molecular weight excluding hydrogens is 346 g/mol. The molecule has 0 amide bonds. The molecule has 0 saturated heterocycles. The molecule has 0 spiro atoms. The van der Waals surface area contributed by atoms with Gasteiger partial charge in [-0.05, 0) is 48.1 Å². The second-order valence-electron chi connectivity index (χ2n) is 4.30. The van der Waals surface area contributed by atoms with Crippen molar-refractivity contribution in [2.75, 3.05) is 5.32 Å². The third kappa shape index (κ3) is 5.44. The van der Waals surface area contributed by atoms with Gasteiger partial charge in [0.2, 0.25) is 0 Å². The van der Waals surface area contributed by atoms with Crippen molar-refractivity contribution in [3.05, 3.63) is 59.1 Å². The highest BCUT2D eigenvalue weighted by atomic mass is 35.5. The van der Waals surface area contributed by atoms with Crippen LogP contribution in [0, 0.1) is 0 Å². The average molecular weight is 359 g/mol. The summed E-state index contributed by atoms with van der Waals surface area (Å²) >= 11 is 11.8. The van der Waals surface area contributed by atoms with E-state index in [9.17, 15) is 8.78 Å². The molecule has 2 rings (SSSR count). The molecule has 0 aromatic heterocycles. The Kier molecular flexibility index (Phi) is 6.42. The van der Waals surface area contributed by atoms with Gasteiger partial charge >= 0.3 is 0 Å². The molecule has 0 aliphatic heterocycles. The summed E-state index contributed by atoms with van der Waals surface area (Å²) in [5, 5.41) is 7.15. The van der Waals surface area contributed by atoms with Gasteiger partial charge in [0.1, 0.15) is 0 Å². The standard InChI is InChI=1S/C15H13ClF2N2S2/c16-13-4-2-1-3-10(13)9-19-15(21)20-11-5-7-12(8-6-11)22-14(17)18/h1-8,14H,9H2,(H2,19,20,21). The summed E-state index contributed by atoms with van der Waals surface area (Å²) in [6.07, 6.45) is 0. The van der Waals surface area contributed by atoms with Crippen molar-refractivity contribution in [1.29, 1.82) is 0 Å². The van der Waals surface area contributed by atoms with Gasteiger partial charge in [0.25, 0.3) is 5.76 Å². The number of thiocarbonyl (C=S) groups is 1. The number of nitrogens with one attached hydrogen (secondary N) is 2. The second-order valence-corrected chi connectivity index (χ2v) is 6.18. The van der Waals surface area contributed by atoms with E-state index in [2.05, 4.69) is 10.6 Å². The smallest absolute Gasteiger partial charge is 0.288 e. The molecular formula is C15H13ClF2N2S2. The first-order chi connectivity index (χ1) is 10.5. The number of thioether (sulfide) groups is 1. The zero-order valence-electron chi connectivity index (χ0n) is 11.4. The summed E-state index contributed by atoms with van der Waals surface area (Å²) < 4.78 is 24.5. The second kappa shape index (κ2) is 8.31. The Morgan fingerprint density at radius 1 is 1.14 bits per heavy atom. The van der Waals surface area contributed by atoms with E-state index >= 15 is 0 Å². The quantitative estimate of drug-likeness (QED) is 0.570. The number of hydrogen-bond donors (Lipinski definition) is 2. The molecule has 116 valence electrons. The monoisotopic (exact) mass is 358 g/mol. The summed E-state index contributed by atoms with van der Waals surface area (Å²) in [5.74, 6) is -2.42. The lowest BCUT2D eigenvalue weighted by molar-refractivity contribution is 0.252. The van der Waals surface area contributed by atoms with Crippen LogP contribution >= 0.6 is 35.6 Å². The molecule has 0 bridgehead atoms. The minimum absolute atomic E-state index is 0.439. The fourth-order valence-corrected chi connectivity index (χ4v) is 2.60. The molecule has 0 radical (unpaired) electrons. The molecule has 0 aliphatic carbocycles. The summed E-state index contributed by atoms with van der Waals surface area (Å²) in [4.78, 5) is 0.510. The molecule has 0 aliphatic rings. The van der Waals surface area contributed by atoms with Gasteiger partial charge in [0, 0.05) is 22.2 Å².